The lowest BCUT2D eigenvalue weighted by Crippen LogP contribution is -2.38. The third-order valence-corrected chi connectivity index (χ3v) is 5.40. The van der Waals surface area contributed by atoms with Crippen LogP contribution in [0.5, 0.6) is 0 Å². The Morgan fingerprint density at radius 1 is 1.14 bits per heavy atom. The summed E-state index contributed by atoms with van der Waals surface area (Å²) in [6.45, 7) is 5.84. The van der Waals surface area contributed by atoms with Gasteiger partial charge in [-0.05, 0) is 63.6 Å². The van der Waals surface area contributed by atoms with Crippen molar-refractivity contribution in [3.63, 3.8) is 0 Å². The summed E-state index contributed by atoms with van der Waals surface area (Å²) in [5.41, 5.74) is 3.21. The largest absolute Gasteiger partial charge is 0.293 e. The molecule has 0 aromatic heterocycles. The van der Waals surface area contributed by atoms with Gasteiger partial charge in [-0.1, -0.05) is 30.5 Å². The molecule has 0 radical (unpaired) electrons. The lowest BCUT2D eigenvalue weighted by molar-refractivity contribution is 0.0895. The van der Waals surface area contributed by atoms with Crippen molar-refractivity contribution < 1.29 is 4.79 Å². The number of hydrogen-bond acceptors (Lipinski definition) is 2. The molecule has 1 aliphatic carbocycles. The van der Waals surface area contributed by atoms with Gasteiger partial charge in [-0.15, -0.1) is 0 Å². The number of aryl methyl sites for hydroxylation is 2. The van der Waals surface area contributed by atoms with E-state index in [0.29, 0.717) is 18.4 Å². The maximum atomic E-state index is 12.7. The summed E-state index contributed by atoms with van der Waals surface area (Å²) < 4.78 is 0. The Bertz CT molecular complexity index is 516. The van der Waals surface area contributed by atoms with E-state index in [1.54, 1.807) is 0 Å². The molecule has 2 nitrogen and oxygen atoms in total. The van der Waals surface area contributed by atoms with Crippen molar-refractivity contribution in [1.29, 1.82) is 0 Å². The van der Waals surface area contributed by atoms with Crippen LogP contribution < -0.4 is 0 Å². The first-order chi connectivity index (χ1) is 10.1. The van der Waals surface area contributed by atoms with E-state index in [2.05, 4.69) is 30.0 Å². The van der Waals surface area contributed by atoms with Crippen molar-refractivity contribution in [2.75, 3.05) is 13.1 Å². The van der Waals surface area contributed by atoms with Crippen LogP contribution in [0.4, 0.5) is 0 Å². The van der Waals surface area contributed by atoms with E-state index in [-0.39, 0.29) is 0 Å². The third-order valence-electron chi connectivity index (χ3n) is 5.40. The fourth-order valence-corrected chi connectivity index (χ4v) is 4.23. The van der Waals surface area contributed by atoms with Gasteiger partial charge in [0.2, 0.25) is 0 Å². The molecule has 1 aromatic carbocycles. The fraction of sp³-hybridized carbons (Fsp3) is 0.632. The van der Waals surface area contributed by atoms with E-state index in [0.717, 1.165) is 23.6 Å². The van der Waals surface area contributed by atoms with Gasteiger partial charge < -0.3 is 0 Å². The van der Waals surface area contributed by atoms with Crippen molar-refractivity contribution in [3.8, 4) is 0 Å². The predicted molar refractivity (Wildman–Crippen MR) is 86.8 cm³/mol. The highest BCUT2D eigenvalue weighted by Gasteiger charge is 2.34. The molecule has 1 atom stereocenters. The summed E-state index contributed by atoms with van der Waals surface area (Å²) in [6, 6.07) is 6.88. The molecular formula is C19H27NO. The lowest BCUT2D eigenvalue weighted by Gasteiger charge is -2.29. The highest BCUT2D eigenvalue weighted by atomic mass is 16.1. The second-order valence-corrected chi connectivity index (χ2v) is 6.97. The Morgan fingerprint density at radius 3 is 2.67 bits per heavy atom. The molecule has 3 rings (SSSR count). The number of hydrogen-bond donors (Lipinski definition) is 0. The Balaban J connectivity index is 1.70. The van der Waals surface area contributed by atoms with Crippen LogP contribution in [-0.2, 0) is 0 Å². The molecule has 0 spiro atoms. The number of ketones is 1. The standard InChI is InChI=1S/C19H27NO/c1-14-9-10-15(2)17(12-14)19(21)13-20-11-5-8-18(20)16-6-3-4-7-16/h9-10,12,16,18H,3-8,11,13H2,1-2H3. The topological polar surface area (TPSA) is 20.3 Å². The van der Waals surface area contributed by atoms with Crippen molar-refractivity contribution in [1.82, 2.24) is 4.90 Å². The summed E-state index contributed by atoms with van der Waals surface area (Å²) in [7, 11) is 0. The van der Waals surface area contributed by atoms with Crippen molar-refractivity contribution >= 4 is 5.78 Å². The number of benzene rings is 1. The minimum absolute atomic E-state index is 0.307. The smallest absolute Gasteiger partial charge is 0.177 e. The van der Waals surface area contributed by atoms with Gasteiger partial charge in [0.15, 0.2) is 5.78 Å². The Morgan fingerprint density at radius 2 is 1.90 bits per heavy atom. The molecule has 1 aliphatic heterocycles. The van der Waals surface area contributed by atoms with Crippen LogP contribution >= 0.6 is 0 Å². The van der Waals surface area contributed by atoms with Crippen molar-refractivity contribution in [3.05, 3.63) is 34.9 Å². The molecule has 2 fully saturated rings. The average molecular weight is 285 g/mol. The predicted octanol–water partition coefficient (Wildman–Crippen LogP) is 4.14. The average Bonchev–Trinajstić information content (AvgIpc) is 3.11. The summed E-state index contributed by atoms with van der Waals surface area (Å²) in [6.07, 6.45) is 8.09. The number of rotatable bonds is 4. The first-order valence-corrected chi connectivity index (χ1v) is 8.49. The quantitative estimate of drug-likeness (QED) is 0.775. The molecule has 2 aliphatic rings. The van der Waals surface area contributed by atoms with Crippen molar-refractivity contribution in [2.24, 2.45) is 5.92 Å². The Labute approximate surface area is 128 Å². The van der Waals surface area contributed by atoms with E-state index in [9.17, 15) is 4.79 Å². The highest BCUT2D eigenvalue weighted by molar-refractivity contribution is 5.99. The Kier molecular flexibility index (Phi) is 4.44. The maximum absolute atomic E-state index is 12.7. The normalized spacial score (nSPS) is 23.8. The van der Waals surface area contributed by atoms with E-state index >= 15 is 0 Å². The van der Waals surface area contributed by atoms with Gasteiger partial charge in [0.05, 0.1) is 6.54 Å². The molecule has 0 N–H and O–H groups in total. The molecule has 1 aromatic rings. The molecule has 114 valence electrons. The first-order valence-electron chi connectivity index (χ1n) is 8.49. The van der Waals surface area contributed by atoms with Gasteiger partial charge in [-0.3, -0.25) is 9.69 Å². The maximum Gasteiger partial charge on any atom is 0.177 e. The van der Waals surface area contributed by atoms with E-state index < -0.39 is 0 Å². The zero-order valence-corrected chi connectivity index (χ0v) is 13.4. The van der Waals surface area contributed by atoms with Crippen LogP contribution in [0, 0.1) is 19.8 Å². The molecule has 2 heteroatoms. The molecular weight excluding hydrogens is 258 g/mol. The number of Topliss-reactive ketones (excluding diaryl/α,β-unsaturated/α-hetero) is 1. The van der Waals surface area contributed by atoms with Crippen molar-refractivity contribution in [2.45, 2.75) is 58.4 Å². The number of carbonyl (C=O) groups is 1. The second kappa shape index (κ2) is 6.31. The molecule has 1 heterocycles. The number of nitrogens with zero attached hydrogens (tertiary/aromatic N) is 1. The monoisotopic (exact) mass is 285 g/mol. The molecule has 1 unspecified atom stereocenters. The van der Waals surface area contributed by atoms with Crippen LogP contribution in [0.3, 0.4) is 0 Å². The van der Waals surface area contributed by atoms with Gasteiger partial charge in [-0.25, -0.2) is 0 Å². The van der Waals surface area contributed by atoms with E-state index in [1.807, 2.05) is 6.92 Å². The summed E-state index contributed by atoms with van der Waals surface area (Å²) >= 11 is 0. The van der Waals surface area contributed by atoms with Crippen LogP contribution in [0.15, 0.2) is 18.2 Å². The molecule has 0 amide bonds. The van der Waals surface area contributed by atoms with Crippen LogP contribution in [0.1, 0.15) is 60.0 Å². The lowest BCUT2D eigenvalue weighted by atomic mass is 9.95. The summed E-state index contributed by atoms with van der Waals surface area (Å²) in [5, 5.41) is 0. The molecule has 1 saturated heterocycles. The van der Waals surface area contributed by atoms with Crippen LogP contribution in [0.2, 0.25) is 0 Å². The molecule has 0 bridgehead atoms. The van der Waals surface area contributed by atoms with Crippen LogP contribution in [-0.4, -0.2) is 29.8 Å². The zero-order chi connectivity index (χ0) is 14.8. The molecule has 1 saturated carbocycles. The van der Waals surface area contributed by atoms with Crippen LogP contribution in [0.25, 0.3) is 0 Å². The minimum atomic E-state index is 0.307. The van der Waals surface area contributed by atoms with E-state index in [1.165, 1.54) is 44.1 Å². The number of likely N-dealkylation sites (tertiary alicyclic amines) is 1. The summed E-state index contributed by atoms with van der Waals surface area (Å²) in [5.74, 6) is 1.15. The van der Waals surface area contributed by atoms with Gasteiger partial charge in [-0.2, -0.15) is 0 Å². The number of carbonyl (C=O) groups excluding carboxylic acids is 1. The Hall–Kier alpha value is -1.15. The van der Waals surface area contributed by atoms with Gasteiger partial charge in [0, 0.05) is 11.6 Å². The first kappa shape index (κ1) is 14.8. The minimum Gasteiger partial charge on any atom is -0.293 e. The van der Waals surface area contributed by atoms with Gasteiger partial charge in [0.1, 0.15) is 0 Å². The fourth-order valence-electron chi connectivity index (χ4n) is 4.23. The van der Waals surface area contributed by atoms with E-state index in [4.69, 9.17) is 0 Å². The highest BCUT2D eigenvalue weighted by Crippen LogP contribution is 2.35. The van der Waals surface area contributed by atoms with Gasteiger partial charge >= 0.3 is 0 Å². The second-order valence-electron chi connectivity index (χ2n) is 6.97. The molecule has 21 heavy (non-hydrogen) atoms. The third kappa shape index (κ3) is 3.21. The van der Waals surface area contributed by atoms with Gasteiger partial charge in [0.25, 0.3) is 0 Å². The SMILES string of the molecule is Cc1ccc(C)c(C(=O)CN2CCCC2C2CCCC2)c1. The zero-order valence-electron chi connectivity index (χ0n) is 13.4. The summed E-state index contributed by atoms with van der Waals surface area (Å²) in [4.78, 5) is 15.2.